The van der Waals surface area contributed by atoms with Crippen LogP contribution in [-0.2, 0) is 0 Å². The van der Waals surface area contributed by atoms with Gasteiger partial charge in [0, 0.05) is 12.1 Å². The molecular formula is C14H23NO2. The van der Waals surface area contributed by atoms with E-state index in [2.05, 4.69) is 26.1 Å². The molecule has 0 spiro atoms. The molecule has 3 heteroatoms. The van der Waals surface area contributed by atoms with E-state index in [0.717, 1.165) is 23.6 Å². The van der Waals surface area contributed by atoms with Crippen LogP contribution in [-0.4, -0.2) is 20.3 Å². The number of methoxy groups -OCH3 is 2. The summed E-state index contributed by atoms with van der Waals surface area (Å²) < 4.78 is 10.6. The van der Waals surface area contributed by atoms with Crippen molar-refractivity contribution in [2.45, 2.75) is 33.2 Å². The topological polar surface area (TPSA) is 30.5 Å². The van der Waals surface area contributed by atoms with E-state index in [1.807, 2.05) is 18.2 Å². The molecule has 17 heavy (non-hydrogen) atoms. The van der Waals surface area contributed by atoms with E-state index in [1.54, 1.807) is 14.2 Å². The van der Waals surface area contributed by atoms with Crippen molar-refractivity contribution in [3.63, 3.8) is 0 Å². The molecular weight excluding hydrogens is 214 g/mol. The molecule has 1 rings (SSSR count). The maximum Gasteiger partial charge on any atom is 0.142 e. The third kappa shape index (κ3) is 3.55. The van der Waals surface area contributed by atoms with Gasteiger partial charge in [-0.25, -0.2) is 0 Å². The quantitative estimate of drug-likeness (QED) is 0.820. The fourth-order valence-corrected chi connectivity index (χ4v) is 1.67. The number of anilines is 1. The summed E-state index contributed by atoms with van der Waals surface area (Å²) in [5, 5.41) is 3.48. The number of benzene rings is 1. The number of nitrogens with one attached hydrogen (secondary N) is 1. The molecule has 0 aromatic heterocycles. The molecule has 3 nitrogen and oxygen atoms in total. The second kappa shape index (κ2) is 6.38. The minimum Gasteiger partial charge on any atom is -0.497 e. The first kappa shape index (κ1) is 13.7. The summed E-state index contributed by atoms with van der Waals surface area (Å²) in [6, 6.07) is 6.20. The average molecular weight is 237 g/mol. The smallest absolute Gasteiger partial charge is 0.142 e. The predicted molar refractivity (Wildman–Crippen MR) is 72.1 cm³/mol. The van der Waals surface area contributed by atoms with Crippen LogP contribution in [0.25, 0.3) is 0 Å². The third-order valence-corrected chi connectivity index (χ3v) is 3.29. The number of ether oxygens (including phenoxy) is 2. The summed E-state index contributed by atoms with van der Waals surface area (Å²) >= 11 is 0. The lowest BCUT2D eigenvalue weighted by molar-refractivity contribution is 0.403. The van der Waals surface area contributed by atoms with E-state index < -0.39 is 0 Å². The number of hydrogen-bond acceptors (Lipinski definition) is 3. The highest BCUT2D eigenvalue weighted by Gasteiger charge is 2.12. The summed E-state index contributed by atoms with van der Waals surface area (Å²) in [6.07, 6.45) is 1.15. The van der Waals surface area contributed by atoms with E-state index >= 15 is 0 Å². The second-order valence-electron chi connectivity index (χ2n) is 4.38. The van der Waals surface area contributed by atoms with Crippen molar-refractivity contribution in [2.75, 3.05) is 19.5 Å². The molecule has 0 aliphatic carbocycles. The van der Waals surface area contributed by atoms with E-state index in [0.29, 0.717) is 12.0 Å². The first-order chi connectivity index (χ1) is 8.12. The van der Waals surface area contributed by atoms with Gasteiger partial charge in [-0.15, -0.1) is 0 Å². The SMILES string of the molecule is CCC(C)C(C)Nc1cc(OC)ccc1OC. The van der Waals surface area contributed by atoms with E-state index in [1.165, 1.54) is 0 Å². The summed E-state index contributed by atoms with van der Waals surface area (Å²) in [5.41, 5.74) is 0.986. The van der Waals surface area contributed by atoms with E-state index in [-0.39, 0.29) is 0 Å². The largest absolute Gasteiger partial charge is 0.497 e. The number of hydrogen-bond donors (Lipinski definition) is 1. The monoisotopic (exact) mass is 237 g/mol. The van der Waals surface area contributed by atoms with Crippen LogP contribution in [0, 0.1) is 5.92 Å². The highest BCUT2D eigenvalue weighted by atomic mass is 16.5. The molecule has 0 aliphatic rings. The van der Waals surface area contributed by atoms with Crippen molar-refractivity contribution in [2.24, 2.45) is 5.92 Å². The molecule has 1 aromatic rings. The van der Waals surface area contributed by atoms with Gasteiger partial charge in [0.1, 0.15) is 11.5 Å². The zero-order valence-corrected chi connectivity index (χ0v) is 11.4. The van der Waals surface area contributed by atoms with Gasteiger partial charge in [0.05, 0.1) is 19.9 Å². The van der Waals surface area contributed by atoms with Gasteiger partial charge in [-0.3, -0.25) is 0 Å². The minimum atomic E-state index is 0.404. The zero-order valence-electron chi connectivity index (χ0n) is 11.4. The van der Waals surface area contributed by atoms with Crippen LogP contribution in [0.3, 0.4) is 0 Å². The Morgan fingerprint density at radius 2 is 1.88 bits per heavy atom. The summed E-state index contributed by atoms with van der Waals surface area (Å²) in [7, 11) is 3.35. The standard InChI is InChI=1S/C14H23NO2/c1-6-10(2)11(3)15-13-9-12(16-4)7-8-14(13)17-5/h7-11,15H,6H2,1-5H3. The van der Waals surface area contributed by atoms with Crippen molar-refractivity contribution in [3.8, 4) is 11.5 Å². The first-order valence-corrected chi connectivity index (χ1v) is 6.10. The Kier molecular flexibility index (Phi) is 5.13. The summed E-state index contributed by atoms with van der Waals surface area (Å²) in [4.78, 5) is 0. The molecule has 0 amide bonds. The van der Waals surface area contributed by atoms with Gasteiger partial charge in [-0.1, -0.05) is 20.3 Å². The molecule has 2 atom stereocenters. The van der Waals surface area contributed by atoms with Crippen LogP contribution in [0.2, 0.25) is 0 Å². The molecule has 0 heterocycles. The molecule has 1 N–H and O–H groups in total. The van der Waals surface area contributed by atoms with E-state index in [9.17, 15) is 0 Å². The van der Waals surface area contributed by atoms with Gasteiger partial charge in [0.25, 0.3) is 0 Å². The Morgan fingerprint density at radius 1 is 1.18 bits per heavy atom. The maximum absolute atomic E-state index is 5.34. The summed E-state index contributed by atoms with van der Waals surface area (Å²) in [6.45, 7) is 6.63. The predicted octanol–water partition coefficient (Wildman–Crippen LogP) is 3.55. The lowest BCUT2D eigenvalue weighted by atomic mass is 10.0. The van der Waals surface area contributed by atoms with Crippen molar-refractivity contribution in [3.05, 3.63) is 18.2 Å². The lowest BCUT2D eigenvalue weighted by Gasteiger charge is -2.22. The van der Waals surface area contributed by atoms with Crippen LogP contribution in [0.4, 0.5) is 5.69 Å². The van der Waals surface area contributed by atoms with Crippen molar-refractivity contribution in [1.29, 1.82) is 0 Å². The molecule has 0 radical (unpaired) electrons. The fourth-order valence-electron chi connectivity index (χ4n) is 1.67. The Balaban J connectivity index is 2.87. The van der Waals surface area contributed by atoms with E-state index in [4.69, 9.17) is 9.47 Å². The van der Waals surface area contributed by atoms with Gasteiger partial charge < -0.3 is 14.8 Å². The third-order valence-electron chi connectivity index (χ3n) is 3.29. The van der Waals surface area contributed by atoms with Crippen molar-refractivity contribution in [1.82, 2.24) is 0 Å². The van der Waals surface area contributed by atoms with Gasteiger partial charge in [0.15, 0.2) is 0 Å². The molecule has 0 fully saturated rings. The van der Waals surface area contributed by atoms with Crippen molar-refractivity contribution < 1.29 is 9.47 Å². The van der Waals surface area contributed by atoms with Gasteiger partial charge in [-0.05, 0) is 25.0 Å². The average Bonchev–Trinajstić information content (AvgIpc) is 2.37. The molecule has 96 valence electrons. The molecule has 1 aromatic carbocycles. The Hall–Kier alpha value is -1.38. The highest BCUT2D eigenvalue weighted by molar-refractivity contribution is 5.60. The molecule has 0 saturated carbocycles. The normalized spacial score (nSPS) is 13.9. The van der Waals surface area contributed by atoms with Crippen LogP contribution in [0.15, 0.2) is 18.2 Å². The minimum absolute atomic E-state index is 0.404. The van der Waals surface area contributed by atoms with Gasteiger partial charge >= 0.3 is 0 Å². The molecule has 0 aliphatic heterocycles. The second-order valence-corrected chi connectivity index (χ2v) is 4.38. The highest BCUT2D eigenvalue weighted by Crippen LogP contribution is 2.30. The van der Waals surface area contributed by atoms with Gasteiger partial charge in [0.2, 0.25) is 0 Å². The first-order valence-electron chi connectivity index (χ1n) is 6.10. The molecule has 0 bridgehead atoms. The van der Waals surface area contributed by atoms with Gasteiger partial charge in [-0.2, -0.15) is 0 Å². The maximum atomic E-state index is 5.34. The van der Waals surface area contributed by atoms with Crippen LogP contribution in [0.1, 0.15) is 27.2 Å². The Labute approximate surface area is 104 Å². The lowest BCUT2D eigenvalue weighted by Crippen LogP contribution is -2.23. The summed E-state index contributed by atoms with van der Waals surface area (Å²) in [5.74, 6) is 2.30. The van der Waals surface area contributed by atoms with Crippen molar-refractivity contribution >= 4 is 5.69 Å². The van der Waals surface area contributed by atoms with Crippen LogP contribution in [0.5, 0.6) is 11.5 Å². The molecule has 0 saturated heterocycles. The fraction of sp³-hybridized carbons (Fsp3) is 0.571. The Bertz CT molecular complexity index is 352. The number of rotatable bonds is 6. The Morgan fingerprint density at radius 3 is 2.41 bits per heavy atom. The molecule has 2 unspecified atom stereocenters. The zero-order chi connectivity index (χ0) is 12.8. The van der Waals surface area contributed by atoms with Crippen LogP contribution >= 0.6 is 0 Å². The van der Waals surface area contributed by atoms with Crippen LogP contribution < -0.4 is 14.8 Å².